The van der Waals surface area contributed by atoms with Crippen molar-refractivity contribution in [3.63, 3.8) is 0 Å². The molecule has 3 rings (SSSR count). The van der Waals surface area contributed by atoms with Crippen LogP contribution in [0.3, 0.4) is 0 Å². The number of piperidine rings is 1. The summed E-state index contributed by atoms with van der Waals surface area (Å²) in [7, 11) is -3.51. The van der Waals surface area contributed by atoms with Crippen molar-refractivity contribution in [2.75, 3.05) is 31.2 Å². The monoisotopic (exact) mass is 378 g/mol. The van der Waals surface area contributed by atoms with Crippen molar-refractivity contribution in [3.05, 3.63) is 41.8 Å². The second-order valence-corrected chi connectivity index (χ2v) is 8.21. The van der Waals surface area contributed by atoms with E-state index in [1.165, 1.54) is 6.42 Å². The summed E-state index contributed by atoms with van der Waals surface area (Å²) in [4.78, 5) is 6.68. The Labute approximate surface area is 155 Å². The Balaban J connectivity index is 1.97. The summed E-state index contributed by atoms with van der Waals surface area (Å²) >= 11 is 0. The van der Waals surface area contributed by atoms with Gasteiger partial charge in [-0.3, -0.25) is 4.57 Å². The summed E-state index contributed by atoms with van der Waals surface area (Å²) in [6.07, 6.45) is 3.91. The van der Waals surface area contributed by atoms with Crippen LogP contribution in [-0.2, 0) is 20.0 Å². The second-order valence-electron chi connectivity index (χ2n) is 6.28. The van der Waals surface area contributed by atoms with Crippen LogP contribution in [0.25, 0.3) is 0 Å². The molecule has 0 N–H and O–H groups in total. The molecule has 0 atom stereocenters. The second kappa shape index (κ2) is 8.85. The number of oxazole rings is 1. The number of nitrogens with zero attached hydrogens (tertiary/aromatic N) is 2. The molecule has 2 heterocycles. The zero-order valence-corrected chi connectivity index (χ0v) is 16.4. The predicted molar refractivity (Wildman–Crippen MR) is 102 cm³/mol. The van der Waals surface area contributed by atoms with Gasteiger partial charge < -0.3 is 18.4 Å². The third-order valence-electron chi connectivity index (χ3n) is 4.34. The summed E-state index contributed by atoms with van der Waals surface area (Å²) in [6.45, 7) is 5.92. The molecule has 0 spiro atoms. The minimum atomic E-state index is -3.51. The maximum atomic E-state index is 13.4. The van der Waals surface area contributed by atoms with Crippen LogP contribution in [0.2, 0.25) is 0 Å². The molecular weight excluding hydrogens is 351 g/mol. The van der Waals surface area contributed by atoms with Gasteiger partial charge in [-0.2, -0.15) is 0 Å². The van der Waals surface area contributed by atoms with Crippen LogP contribution in [0.5, 0.6) is 0 Å². The average molecular weight is 378 g/mol. The van der Waals surface area contributed by atoms with Gasteiger partial charge in [0.2, 0.25) is 17.2 Å². The van der Waals surface area contributed by atoms with Gasteiger partial charge in [-0.15, -0.1) is 0 Å². The number of benzene rings is 1. The molecule has 1 saturated heterocycles. The summed E-state index contributed by atoms with van der Waals surface area (Å²) in [5.74, 6) is 1.08. The predicted octanol–water partition coefficient (Wildman–Crippen LogP) is 4.15. The normalized spacial score (nSPS) is 15.4. The molecule has 0 aliphatic carbocycles. The highest BCUT2D eigenvalue weighted by Gasteiger charge is 2.37. The Morgan fingerprint density at radius 2 is 1.73 bits per heavy atom. The molecule has 142 valence electrons. The molecular formula is C19H27N2O4P. The molecule has 7 heteroatoms. The number of anilines is 1. The van der Waals surface area contributed by atoms with Crippen molar-refractivity contribution < 1.29 is 18.0 Å². The maximum absolute atomic E-state index is 13.4. The van der Waals surface area contributed by atoms with Gasteiger partial charge in [0.15, 0.2) is 0 Å². The van der Waals surface area contributed by atoms with Crippen molar-refractivity contribution in [1.29, 1.82) is 0 Å². The van der Waals surface area contributed by atoms with E-state index in [0.29, 0.717) is 23.6 Å². The third kappa shape index (κ3) is 4.37. The van der Waals surface area contributed by atoms with E-state index in [-0.39, 0.29) is 13.2 Å². The molecule has 1 aliphatic heterocycles. The average Bonchev–Trinajstić information content (AvgIpc) is 3.08. The lowest BCUT2D eigenvalue weighted by molar-refractivity contribution is 0.229. The topological polar surface area (TPSA) is 64.8 Å². The van der Waals surface area contributed by atoms with E-state index in [2.05, 4.69) is 9.88 Å². The van der Waals surface area contributed by atoms with Gasteiger partial charge in [0.1, 0.15) is 0 Å². The number of hydrogen-bond donors (Lipinski definition) is 0. The van der Waals surface area contributed by atoms with Gasteiger partial charge in [-0.25, -0.2) is 4.98 Å². The van der Waals surface area contributed by atoms with Crippen LogP contribution in [0, 0.1) is 0 Å². The van der Waals surface area contributed by atoms with Gasteiger partial charge >= 0.3 is 7.60 Å². The molecule has 0 amide bonds. The van der Waals surface area contributed by atoms with E-state index in [1.807, 2.05) is 30.3 Å². The Bertz CT molecular complexity index is 731. The lowest BCUT2D eigenvalue weighted by Gasteiger charge is -2.27. The van der Waals surface area contributed by atoms with Crippen molar-refractivity contribution in [2.45, 2.75) is 39.5 Å². The fourth-order valence-corrected chi connectivity index (χ4v) is 4.83. The standard InChI is InChI=1S/C19H27N2O4P/c1-3-23-26(22,24-4-2)18-19(21-13-9-6-10-14-21)25-17(20-18)15-16-11-7-5-8-12-16/h5,7-8,11-12H,3-4,6,9-10,13-15H2,1-2H3. The summed E-state index contributed by atoms with van der Waals surface area (Å²) in [5.41, 5.74) is 1.40. The SMILES string of the molecule is CCOP(=O)(OCC)c1nc(Cc2ccccc2)oc1N1CCCCC1. The molecule has 0 radical (unpaired) electrons. The molecule has 0 saturated carbocycles. The maximum Gasteiger partial charge on any atom is 0.385 e. The molecule has 0 bridgehead atoms. The molecule has 0 unspecified atom stereocenters. The fraction of sp³-hybridized carbons (Fsp3) is 0.526. The summed E-state index contributed by atoms with van der Waals surface area (Å²) in [6, 6.07) is 9.98. The van der Waals surface area contributed by atoms with E-state index in [1.54, 1.807) is 13.8 Å². The van der Waals surface area contributed by atoms with E-state index < -0.39 is 7.60 Å². The minimum Gasteiger partial charge on any atom is -0.424 e. The summed E-state index contributed by atoms with van der Waals surface area (Å²) in [5, 5.41) is 0. The van der Waals surface area contributed by atoms with Gasteiger partial charge in [0.05, 0.1) is 13.2 Å². The van der Waals surface area contributed by atoms with Gasteiger partial charge in [-0.05, 0) is 38.7 Å². The Morgan fingerprint density at radius 1 is 1.08 bits per heavy atom. The Kier molecular flexibility index (Phi) is 6.52. The van der Waals surface area contributed by atoms with Crippen LogP contribution in [-0.4, -0.2) is 31.3 Å². The first-order valence-corrected chi connectivity index (χ1v) is 10.9. The molecule has 1 aromatic carbocycles. The number of aromatic nitrogens is 1. The minimum absolute atomic E-state index is 0.289. The smallest absolute Gasteiger partial charge is 0.385 e. The van der Waals surface area contributed by atoms with Crippen LogP contribution >= 0.6 is 7.60 Å². The van der Waals surface area contributed by atoms with Crippen LogP contribution < -0.4 is 10.3 Å². The van der Waals surface area contributed by atoms with Crippen LogP contribution in [0.1, 0.15) is 44.6 Å². The summed E-state index contributed by atoms with van der Waals surface area (Å²) < 4.78 is 30.5. The van der Waals surface area contributed by atoms with E-state index in [4.69, 9.17) is 13.5 Å². The molecule has 2 aromatic rings. The largest absolute Gasteiger partial charge is 0.424 e. The highest BCUT2D eigenvalue weighted by atomic mass is 31.2. The van der Waals surface area contributed by atoms with Crippen molar-refractivity contribution in [2.24, 2.45) is 0 Å². The van der Waals surface area contributed by atoms with E-state index in [0.717, 1.165) is 31.5 Å². The van der Waals surface area contributed by atoms with Crippen LogP contribution in [0.4, 0.5) is 5.88 Å². The van der Waals surface area contributed by atoms with Crippen molar-refractivity contribution >= 4 is 18.9 Å². The molecule has 1 aromatic heterocycles. The van der Waals surface area contributed by atoms with Crippen LogP contribution in [0.15, 0.2) is 34.7 Å². The first-order chi connectivity index (χ1) is 12.7. The molecule has 26 heavy (non-hydrogen) atoms. The molecule has 6 nitrogen and oxygen atoms in total. The first kappa shape index (κ1) is 19.2. The highest BCUT2D eigenvalue weighted by molar-refractivity contribution is 7.62. The zero-order valence-electron chi connectivity index (χ0n) is 15.5. The Morgan fingerprint density at radius 3 is 2.35 bits per heavy atom. The van der Waals surface area contributed by atoms with Gasteiger partial charge in [0.25, 0.3) is 0 Å². The van der Waals surface area contributed by atoms with Crippen molar-refractivity contribution in [1.82, 2.24) is 4.98 Å². The molecule has 1 aliphatic rings. The highest BCUT2D eigenvalue weighted by Crippen LogP contribution is 2.49. The third-order valence-corrected chi connectivity index (χ3v) is 6.34. The lowest BCUT2D eigenvalue weighted by atomic mass is 10.1. The van der Waals surface area contributed by atoms with E-state index in [9.17, 15) is 4.57 Å². The van der Waals surface area contributed by atoms with E-state index >= 15 is 0 Å². The number of rotatable bonds is 8. The zero-order chi connectivity index (χ0) is 18.4. The van der Waals surface area contributed by atoms with Crippen molar-refractivity contribution in [3.8, 4) is 0 Å². The Hall–Kier alpha value is -1.62. The fourth-order valence-electron chi connectivity index (χ4n) is 3.17. The first-order valence-electron chi connectivity index (χ1n) is 9.34. The quantitative estimate of drug-likeness (QED) is 0.643. The van der Waals surface area contributed by atoms with Gasteiger partial charge in [0, 0.05) is 19.5 Å². The number of hydrogen-bond acceptors (Lipinski definition) is 6. The molecule has 1 fully saturated rings. The lowest BCUT2D eigenvalue weighted by Crippen LogP contribution is -2.33. The van der Waals surface area contributed by atoms with Gasteiger partial charge in [-0.1, -0.05) is 30.3 Å².